The number of methoxy groups -OCH3 is 2. The number of fused-ring (bicyclic) bond motifs is 2. The van der Waals surface area contributed by atoms with E-state index >= 15 is 0 Å². The van der Waals surface area contributed by atoms with Gasteiger partial charge in [-0.1, -0.05) is 43.3 Å². The molecule has 124 valence electrons. The lowest BCUT2D eigenvalue weighted by molar-refractivity contribution is -0.369. The first-order valence-corrected chi connectivity index (χ1v) is 7.97. The van der Waals surface area contributed by atoms with E-state index in [9.17, 15) is 10.5 Å². The summed E-state index contributed by atoms with van der Waals surface area (Å²) in [5, 5.41) is 22.1. The van der Waals surface area contributed by atoms with Gasteiger partial charge in [0.1, 0.15) is 5.76 Å². The lowest BCUT2D eigenvalue weighted by Crippen LogP contribution is -2.53. The highest BCUT2D eigenvalue weighted by atomic mass is 16.9. The molecule has 2 aliphatic rings. The molecule has 0 saturated carbocycles. The zero-order chi connectivity index (χ0) is 17.8. The number of nitrogens with zero attached hydrogens (tertiary/aromatic N) is 2. The van der Waals surface area contributed by atoms with Crippen LogP contribution >= 0.6 is 0 Å². The highest BCUT2D eigenvalue weighted by molar-refractivity contribution is 6.14. The van der Waals surface area contributed by atoms with E-state index in [0.29, 0.717) is 11.3 Å². The third-order valence-corrected chi connectivity index (χ3v) is 5.39. The van der Waals surface area contributed by atoms with Gasteiger partial charge in [0, 0.05) is 30.7 Å². The summed E-state index contributed by atoms with van der Waals surface area (Å²) in [4.78, 5) is 0. The van der Waals surface area contributed by atoms with E-state index in [1.165, 1.54) is 14.2 Å². The predicted molar refractivity (Wildman–Crippen MR) is 91.4 cm³/mol. The maximum absolute atomic E-state index is 10.0. The Morgan fingerprint density at radius 1 is 1.00 bits per heavy atom. The van der Waals surface area contributed by atoms with Crippen LogP contribution in [0.2, 0.25) is 0 Å². The van der Waals surface area contributed by atoms with Crippen LogP contribution in [0.25, 0.3) is 22.1 Å². The molecule has 5 heteroatoms. The van der Waals surface area contributed by atoms with E-state index < -0.39 is 17.3 Å². The zero-order valence-corrected chi connectivity index (χ0v) is 14.2. The average molecular weight is 332 g/mol. The molecule has 25 heavy (non-hydrogen) atoms. The minimum absolute atomic E-state index is 0.483. The van der Waals surface area contributed by atoms with Gasteiger partial charge in [0.05, 0.1) is 18.1 Å². The lowest BCUT2D eigenvalue weighted by atomic mass is 9.68. The summed E-state index contributed by atoms with van der Waals surface area (Å²) in [6.45, 7) is 1.74. The van der Waals surface area contributed by atoms with Crippen LogP contribution in [0.4, 0.5) is 0 Å². The highest BCUT2D eigenvalue weighted by Crippen LogP contribution is 2.59. The summed E-state index contributed by atoms with van der Waals surface area (Å²) in [5.74, 6) is -1.68. The average Bonchev–Trinajstić information content (AvgIpc) is 2.98. The molecule has 0 aromatic heterocycles. The quantitative estimate of drug-likeness (QED) is 0.784. The normalized spacial score (nSPS) is 22.0. The largest absolute Gasteiger partial charge is 0.438 e. The number of hydrogen-bond donors (Lipinski definition) is 0. The molecule has 5 nitrogen and oxygen atoms in total. The van der Waals surface area contributed by atoms with E-state index in [1.54, 1.807) is 6.92 Å². The Hall–Kier alpha value is -2.86. The van der Waals surface area contributed by atoms with E-state index in [2.05, 4.69) is 12.1 Å². The minimum Gasteiger partial charge on any atom is -0.438 e. The van der Waals surface area contributed by atoms with Crippen LogP contribution < -0.4 is 0 Å². The van der Waals surface area contributed by atoms with Crippen molar-refractivity contribution in [1.82, 2.24) is 0 Å². The summed E-state index contributed by atoms with van der Waals surface area (Å²) >= 11 is 0. The fourth-order valence-electron chi connectivity index (χ4n) is 4.06. The van der Waals surface area contributed by atoms with Gasteiger partial charge in [-0.3, -0.25) is 0 Å². The topological polar surface area (TPSA) is 75.3 Å². The van der Waals surface area contributed by atoms with Crippen molar-refractivity contribution in [1.29, 1.82) is 10.5 Å². The molecular weight excluding hydrogens is 316 g/mol. The summed E-state index contributed by atoms with van der Waals surface area (Å²) < 4.78 is 17.2. The van der Waals surface area contributed by atoms with Crippen molar-refractivity contribution in [3.63, 3.8) is 0 Å². The number of ether oxygens (including phenoxy) is 3. The Morgan fingerprint density at radius 3 is 2.16 bits per heavy atom. The number of rotatable bonds is 2. The molecule has 1 atom stereocenters. The lowest BCUT2D eigenvalue weighted by Gasteiger charge is -2.45. The van der Waals surface area contributed by atoms with Gasteiger partial charge in [0.2, 0.25) is 0 Å². The third kappa shape index (κ3) is 1.67. The smallest absolute Gasteiger partial charge is 0.332 e. The molecule has 0 spiro atoms. The van der Waals surface area contributed by atoms with Crippen molar-refractivity contribution in [2.24, 2.45) is 11.3 Å². The van der Waals surface area contributed by atoms with Crippen molar-refractivity contribution in [2.45, 2.75) is 12.9 Å². The van der Waals surface area contributed by atoms with Gasteiger partial charge >= 0.3 is 5.97 Å². The van der Waals surface area contributed by atoms with Crippen LogP contribution in [0.3, 0.4) is 0 Å². The molecule has 1 aliphatic carbocycles. The summed E-state index contributed by atoms with van der Waals surface area (Å²) in [6.07, 6.45) is 0. The molecule has 0 amide bonds. The van der Waals surface area contributed by atoms with Gasteiger partial charge in [-0.05, 0) is 10.9 Å². The van der Waals surface area contributed by atoms with Crippen LogP contribution in [-0.4, -0.2) is 20.2 Å². The first kappa shape index (κ1) is 15.7. The second kappa shape index (κ2) is 5.07. The SMILES string of the molecule is COC1(OC)OC2=C(c3cccc4cccc2c34)C(C#N)(C#N)[C@@H]1C. The number of benzene rings is 2. The zero-order valence-electron chi connectivity index (χ0n) is 14.2. The Balaban J connectivity index is 2.13. The molecular formula is C20H16N2O3. The standard InChI is InChI=1S/C20H16N2O3/c1-12-19(10-21,11-22)17-14-8-4-6-13-7-5-9-15(16(13)14)18(17)25-20(12,23-2)24-3/h4-9,12H,1-3H3/t12-/m0/s1. The van der Waals surface area contributed by atoms with E-state index in [1.807, 2.05) is 36.4 Å². The molecule has 2 aromatic carbocycles. The van der Waals surface area contributed by atoms with Gasteiger partial charge in [-0.2, -0.15) is 10.5 Å². The number of allylic oxidation sites excluding steroid dienone is 1. The van der Waals surface area contributed by atoms with Crippen molar-refractivity contribution in [3.8, 4) is 12.1 Å². The Morgan fingerprint density at radius 2 is 1.60 bits per heavy atom. The number of hydrogen-bond acceptors (Lipinski definition) is 5. The maximum Gasteiger partial charge on any atom is 0.332 e. The van der Waals surface area contributed by atoms with Crippen molar-refractivity contribution in [3.05, 3.63) is 47.5 Å². The molecule has 0 unspecified atom stereocenters. The Labute approximate surface area is 145 Å². The molecule has 0 fully saturated rings. The molecule has 0 saturated heterocycles. The Bertz CT molecular complexity index is 987. The van der Waals surface area contributed by atoms with Gasteiger partial charge < -0.3 is 14.2 Å². The summed E-state index contributed by atoms with van der Waals surface area (Å²) in [5.41, 5.74) is 0.858. The van der Waals surface area contributed by atoms with Gasteiger partial charge in [0.25, 0.3) is 0 Å². The van der Waals surface area contributed by atoms with Crippen LogP contribution in [-0.2, 0) is 14.2 Å². The van der Waals surface area contributed by atoms with E-state index in [4.69, 9.17) is 14.2 Å². The Kier molecular flexibility index (Phi) is 3.17. The van der Waals surface area contributed by atoms with Crippen molar-refractivity contribution in [2.75, 3.05) is 14.2 Å². The van der Waals surface area contributed by atoms with Gasteiger partial charge in [0.15, 0.2) is 5.41 Å². The molecule has 1 heterocycles. The first-order valence-electron chi connectivity index (χ1n) is 7.97. The van der Waals surface area contributed by atoms with Crippen molar-refractivity contribution >= 4 is 22.1 Å². The molecule has 2 aromatic rings. The van der Waals surface area contributed by atoms with Crippen LogP contribution in [0, 0.1) is 34.0 Å². The fraction of sp³-hybridized carbons (Fsp3) is 0.300. The fourth-order valence-corrected chi connectivity index (χ4v) is 4.06. The summed E-state index contributed by atoms with van der Waals surface area (Å²) in [7, 11) is 2.90. The third-order valence-electron chi connectivity index (χ3n) is 5.39. The number of nitriles is 2. The van der Waals surface area contributed by atoms with E-state index in [-0.39, 0.29) is 0 Å². The molecule has 0 radical (unpaired) electrons. The predicted octanol–water partition coefficient (Wildman–Crippen LogP) is 3.67. The maximum atomic E-state index is 10.0. The highest BCUT2D eigenvalue weighted by Gasteiger charge is 2.61. The minimum atomic E-state index is -1.51. The van der Waals surface area contributed by atoms with E-state index in [0.717, 1.165) is 21.9 Å². The summed E-state index contributed by atoms with van der Waals surface area (Å²) in [6, 6.07) is 16.2. The van der Waals surface area contributed by atoms with Crippen LogP contribution in [0.15, 0.2) is 36.4 Å². The van der Waals surface area contributed by atoms with Crippen LogP contribution in [0.1, 0.15) is 18.1 Å². The monoisotopic (exact) mass is 332 g/mol. The molecule has 1 aliphatic heterocycles. The first-order chi connectivity index (χ1) is 12.1. The molecule has 4 rings (SSSR count). The second-order valence-electron chi connectivity index (χ2n) is 6.28. The molecule has 0 N–H and O–H groups in total. The van der Waals surface area contributed by atoms with Gasteiger partial charge in [-0.25, -0.2) is 0 Å². The van der Waals surface area contributed by atoms with Crippen LogP contribution in [0.5, 0.6) is 0 Å². The molecule has 0 bridgehead atoms. The van der Waals surface area contributed by atoms with Crippen molar-refractivity contribution < 1.29 is 14.2 Å². The van der Waals surface area contributed by atoms with Gasteiger partial charge in [-0.15, -0.1) is 0 Å². The second-order valence-corrected chi connectivity index (χ2v) is 6.28.